The SMILES string of the molecule is CC(C)Cc1nc2c(c(-c3ccc4c(c3)oc(=O)n4C(C)c3ccc(C#N)c(F)c3)c1C(N)=O)C(=O)NC2C.Cc1ccc(F)cc1. The van der Waals surface area contributed by atoms with E-state index in [1.54, 1.807) is 49.4 Å². The van der Waals surface area contributed by atoms with Crippen molar-refractivity contribution in [3.8, 4) is 17.2 Å². The van der Waals surface area contributed by atoms with Gasteiger partial charge in [-0.1, -0.05) is 43.7 Å². The number of carbonyl (C=O) groups is 2. The first kappa shape index (κ1) is 32.8. The second-order valence-electron chi connectivity index (χ2n) is 12.0. The van der Waals surface area contributed by atoms with Crippen LogP contribution in [-0.4, -0.2) is 21.4 Å². The molecule has 0 radical (unpaired) electrons. The summed E-state index contributed by atoms with van der Waals surface area (Å²) in [6.45, 7) is 9.46. The van der Waals surface area contributed by atoms with E-state index in [1.807, 2.05) is 27.7 Å². The summed E-state index contributed by atoms with van der Waals surface area (Å²) in [6, 6.07) is 16.3. The number of rotatable bonds is 6. The molecule has 240 valence electrons. The molecule has 0 saturated carbocycles. The average molecular weight is 638 g/mol. The predicted molar refractivity (Wildman–Crippen MR) is 173 cm³/mol. The molecule has 2 atom stereocenters. The molecule has 47 heavy (non-hydrogen) atoms. The van der Waals surface area contributed by atoms with Crippen LogP contribution in [0, 0.1) is 35.8 Å². The largest absolute Gasteiger partial charge is 0.420 e. The second kappa shape index (κ2) is 13.0. The first-order chi connectivity index (χ1) is 22.3. The molecule has 6 rings (SSSR count). The fourth-order valence-electron chi connectivity index (χ4n) is 5.75. The monoisotopic (exact) mass is 637 g/mol. The number of benzene rings is 3. The predicted octanol–water partition coefficient (Wildman–Crippen LogP) is 6.51. The molecule has 3 N–H and O–H groups in total. The van der Waals surface area contributed by atoms with Crippen molar-refractivity contribution in [2.24, 2.45) is 11.7 Å². The number of carbonyl (C=O) groups excluding carboxylic acids is 2. The molecule has 9 nitrogen and oxygen atoms in total. The van der Waals surface area contributed by atoms with Gasteiger partial charge in [0.2, 0.25) is 0 Å². The first-order valence-corrected chi connectivity index (χ1v) is 15.0. The van der Waals surface area contributed by atoms with Crippen molar-refractivity contribution in [3.63, 3.8) is 0 Å². The molecular weight excluding hydrogens is 604 g/mol. The summed E-state index contributed by atoms with van der Waals surface area (Å²) in [5.74, 6) is -2.42. The molecule has 3 aromatic carbocycles. The lowest BCUT2D eigenvalue weighted by atomic mass is 9.89. The molecule has 1 aliphatic heterocycles. The smallest absolute Gasteiger partial charge is 0.408 e. The molecule has 0 fully saturated rings. The van der Waals surface area contributed by atoms with Crippen LogP contribution in [0.4, 0.5) is 8.78 Å². The number of halogens is 2. The number of pyridine rings is 1. The van der Waals surface area contributed by atoms with Gasteiger partial charge in [-0.3, -0.25) is 19.1 Å². The molecule has 3 heterocycles. The zero-order valence-electron chi connectivity index (χ0n) is 26.5. The number of aromatic nitrogens is 2. The summed E-state index contributed by atoms with van der Waals surface area (Å²) in [5.41, 5.74) is 10.3. The zero-order valence-corrected chi connectivity index (χ0v) is 26.5. The molecule has 11 heteroatoms. The first-order valence-electron chi connectivity index (χ1n) is 15.0. The molecule has 0 saturated heterocycles. The highest BCUT2D eigenvalue weighted by molar-refractivity contribution is 6.11. The van der Waals surface area contributed by atoms with E-state index in [9.17, 15) is 23.2 Å². The number of aryl methyl sites for hydroxylation is 1. The van der Waals surface area contributed by atoms with Gasteiger partial charge >= 0.3 is 5.76 Å². The number of primary amides is 1. The van der Waals surface area contributed by atoms with Crippen molar-refractivity contribution < 1.29 is 22.8 Å². The number of nitrogens with two attached hydrogens (primary N) is 1. The Bertz CT molecular complexity index is 2110. The van der Waals surface area contributed by atoms with Gasteiger partial charge in [0.1, 0.15) is 17.7 Å². The number of nitrogens with zero attached hydrogens (tertiary/aromatic N) is 3. The Hall–Kier alpha value is -5.63. The molecule has 0 bridgehead atoms. The molecule has 1 aliphatic rings. The van der Waals surface area contributed by atoms with E-state index in [4.69, 9.17) is 15.4 Å². The third-order valence-electron chi connectivity index (χ3n) is 8.03. The fourth-order valence-corrected chi connectivity index (χ4v) is 5.75. The lowest BCUT2D eigenvalue weighted by molar-refractivity contribution is 0.0958. The van der Waals surface area contributed by atoms with Crippen molar-refractivity contribution in [2.45, 2.75) is 53.1 Å². The molecule has 2 unspecified atom stereocenters. The van der Waals surface area contributed by atoms with Gasteiger partial charge in [-0.25, -0.2) is 13.6 Å². The molecule has 0 aliphatic carbocycles. The number of hydrogen-bond donors (Lipinski definition) is 2. The molecule has 0 spiro atoms. The minimum absolute atomic E-state index is 0.0923. The molecule has 5 aromatic rings. The van der Waals surface area contributed by atoms with Crippen molar-refractivity contribution in [3.05, 3.63) is 122 Å². The summed E-state index contributed by atoms with van der Waals surface area (Å²) in [4.78, 5) is 43.4. The van der Waals surface area contributed by atoms with E-state index >= 15 is 0 Å². The van der Waals surface area contributed by atoms with Crippen LogP contribution in [0.5, 0.6) is 0 Å². The maximum absolute atomic E-state index is 14.3. The third-order valence-corrected chi connectivity index (χ3v) is 8.03. The minimum atomic E-state index is -0.709. The Morgan fingerprint density at radius 2 is 1.77 bits per heavy atom. The Morgan fingerprint density at radius 3 is 2.36 bits per heavy atom. The highest BCUT2D eigenvalue weighted by Gasteiger charge is 2.35. The van der Waals surface area contributed by atoms with Crippen LogP contribution in [0.15, 0.2) is 69.9 Å². The zero-order chi connectivity index (χ0) is 34.2. The van der Waals surface area contributed by atoms with Crippen LogP contribution < -0.4 is 16.8 Å². The number of hydrogen-bond acceptors (Lipinski definition) is 6. The molecule has 2 amide bonds. The number of nitriles is 1. The average Bonchev–Trinajstić information content (AvgIpc) is 3.50. The van der Waals surface area contributed by atoms with E-state index in [0.717, 1.165) is 5.56 Å². The maximum atomic E-state index is 14.3. The second-order valence-corrected chi connectivity index (χ2v) is 12.0. The highest BCUT2D eigenvalue weighted by Crippen LogP contribution is 2.38. The highest BCUT2D eigenvalue weighted by atomic mass is 19.1. The van der Waals surface area contributed by atoms with Gasteiger partial charge in [-0.05, 0) is 80.6 Å². The summed E-state index contributed by atoms with van der Waals surface area (Å²) in [7, 11) is 0. The van der Waals surface area contributed by atoms with E-state index in [0.29, 0.717) is 40.0 Å². The third kappa shape index (κ3) is 6.40. The van der Waals surface area contributed by atoms with Gasteiger partial charge in [0, 0.05) is 5.56 Å². The van der Waals surface area contributed by atoms with Crippen LogP contribution in [-0.2, 0) is 6.42 Å². The number of fused-ring (bicyclic) bond motifs is 2. The van der Waals surface area contributed by atoms with Gasteiger partial charge < -0.3 is 15.5 Å². The number of nitrogens with one attached hydrogen (secondary N) is 1. The Balaban J connectivity index is 0.000000474. The van der Waals surface area contributed by atoms with Crippen molar-refractivity contribution in [1.29, 1.82) is 5.26 Å². The Morgan fingerprint density at radius 1 is 1.06 bits per heavy atom. The van der Waals surface area contributed by atoms with Crippen LogP contribution in [0.1, 0.15) is 88.6 Å². The normalized spacial score (nSPS) is 14.3. The minimum Gasteiger partial charge on any atom is -0.408 e. The van der Waals surface area contributed by atoms with Crippen LogP contribution in [0.2, 0.25) is 0 Å². The van der Waals surface area contributed by atoms with Crippen molar-refractivity contribution in [2.75, 3.05) is 0 Å². The van der Waals surface area contributed by atoms with Gasteiger partial charge in [0.15, 0.2) is 5.58 Å². The Labute approximate surface area is 269 Å². The van der Waals surface area contributed by atoms with E-state index in [-0.39, 0.29) is 46.0 Å². The van der Waals surface area contributed by atoms with Crippen LogP contribution in [0.25, 0.3) is 22.2 Å². The van der Waals surface area contributed by atoms with Crippen LogP contribution >= 0.6 is 0 Å². The lowest BCUT2D eigenvalue weighted by Crippen LogP contribution is -2.20. The standard InChI is InChI=1S/C29H26FN5O4.C7H7F/c1-13(2)9-20-24(27(32)36)23(25-26(34-20)14(3)33-28(25)37)17-7-8-21-22(11-17)39-29(38)35(21)15(4)16-5-6-18(12-31)19(30)10-16;1-6-2-4-7(8)5-3-6/h5-8,10-11,13-15H,9H2,1-4H3,(H2,32,36)(H,33,37);2-5H,1H3. The summed E-state index contributed by atoms with van der Waals surface area (Å²) in [5, 5.41) is 11.9. The lowest BCUT2D eigenvalue weighted by Gasteiger charge is -2.18. The van der Waals surface area contributed by atoms with Crippen molar-refractivity contribution in [1.82, 2.24) is 14.9 Å². The number of amides is 2. The van der Waals surface area contributed by atoms with Gasteiger partial charge in [0.25, 0.3) is 11.8 Å². The van der Waals surface area contributed by atoms with E-state index in [1.165, 1.54) is 28.8 Å². The number of oxazole rings is 1. The van der Waals surface area contributed by atoms with Gasteiger partial charge in [0.05, 0.1) is 45.7 Å². The fraction of sp³-hybridized carbons (Fsp3) is 0.250. The van der Waals surface area contributed by atoms with Crippen molar-refractivity contribution >= 4 is 22.9 Å². The Kier molecular flexibility index (Phi) is 9.06. The summed E-state index contributed by atoms with van der Waals surface area (Å²) < 4.78 is 33.3. The van der Waals surface area contributed by atoms with Crippen LogP contribution in [0.3, 0.4) is 0 Å². The molecule has 2 aromatic heterocycles. The quantitative estimate of drug-likeness (QED) is 0.217. The van der Waals surface area contributed by atoms with E-state index < -0.39 is 23.5 Å². The van der Waals surface area contributed by atoms with Gasteiger partial charge in [-0.15, -0.1) is 0 Å². The molecular formula is C36H33F2N5O4. The topological polar surface area (TPSA) is 144 Å². The van der Waals surface area contributed by atoms with E-state index in [2.05, 4.69) is 10.3 Å². The summed E-state index contributed by atoms with van der Waals surface area (Å²) >= 11 is 0. The maximum Gasteiger partial charge on any atom is 0.420 e. The summed E-state index contributed by atoms with van der Waals surface area (Å²) in [6.07, 6.45) is 0.478. The van der Waals surface area contributed by atoms with Gasteiger partial charge in [-0.2, -0.15) is 5.26 Å².